The van der Waals surface area contributed by atoms with Crippen LogP contribution >= 0.6 is 0 Å². The Morgan fingerprint density at radius 3 is 1.53 bits per heavy atom. The molecule has 1 aromatic heterocycles. The molecule has 0 amide bonds. The van der Waals surface area contributed by atoms with E-state index < -0.39 is 0 Å². The van der Waals surface area contributed by atoms with Crippen LogP contribution in [0.2, 0.25) is 0 Å². The van der Waals surface area contributed by atoms with Gasteiger partial charge in [-0.05, 0) is 109 Å². The van der Waals surface area contributed by atoms with Gasteiger partial charge >= 0.3 is 0 Å². The Balaban J connectivity index is 1.13. The van der Waals surface area contributed by atoms with E-state index in [1.165, 1.54) is 60.5 Å². The van der Waals surface area contributed by atoms with Gasteiger partial charge in [-0.15, -0.1) is 0 Å². The highest BCUT2D eigenvalue weighted by Gasteiger charge is 2.20. The van der Waals surface area contributed by atoms with Gasteiger partial charge in [0.15, 0.2) is 0 Å². The number of allylic oxidation sites excluding steroid dienone is 1. The van der Waals surface area contributed by atoms with Gasteiger partial charge in [-0.1, -0.05) is 153 Å². The summed E-state index contributed by atoms with van der Waals surface area (Å²) in [7, 11) is 0. The zero-order valence-electron chi connectivity index (χ0n) is 27.5. The molecule has 232 valence electrons. The maximum absolute atomic E-state index is 5.09. The van der Waals surface area contributed by atoms with Crippen LogP contribution in [-0.4, -0.2) is 4.98 Å². The van der Waals surface area contributed by atoms with E-state index >= 15 is 0 Å². The number of hydrogen-bond acceptors (Lipinski definition) is 1. The molecule has 1 heteroatoms. The van der Waals surface area contributed by atoms with E-state index in [2.05, 4.69) is 171 Å². The van der Waals surface area contributed by atoms with Gasteiger partial charge in [0.1, 0.15) is 0 Å². The third-order valence-electron chi connectivity index (χ3n) is 10.1. The molecule has 49 heavy (non-hydrogen) atoms. The first-order chi connectivity index (χ1) is 24.2. The molecule has 1 unspecified atom stereocenters. The largest absolute Gasteiger partial charge is 0.248 e. The Morgan fingerprint density at radius 2 is 0.918 bits per heavy atom. The quantitative estimate of drug-likeness (QED) is 0.173. The van der Waals surface area contributed by atoms with Crippen molar-refractivity contribution in [2.45, 2.75) is 19.3 Å². The van der Waals surface area contributed by atoms with Crippen molar-refractivity contribution >= 4 is 27.6 Å². The summed E-state index contributed by atoms with van der Waals surface area (Å²) in [5.41, 5.74) is 14.2. The molecule has 9 rings (SSSR count). The van der Waals surface area contributed by atoms with Crippen LogP contribution < -0.4 is 0 Å². The topological polar surface area (TPSA) is 12.9 Å². The molecular weight excluding hydrogens is 591 g/mol. The maximum atomic E-state index is 5.09. The number of hydrogen-bond donors (Lipinski definition) is 0. The molecule has 8 aromatic rings. The van der Waals surface area contributed by atoms with Gasteiger partial charge in [-0.2, -0.15) is 0 Å². The van der Waals surface area contributed by atoms with Gasteiger partial charge < -0.3 is 0 Å². The standard InChI is InChI=1S/C48H35N/c1-32-13-10-24-43-41-22-8-9-23-42(41)45-29-39(25-26-44(45)48(32)43)37-20-11-18-35(27-37)36-19-12-21-38(28-36)40-30-46(33-14-4-2-5-15-33)49-47(31-40)34-16-6-3-7-17-34/h2-12,14-32H,13H2,1H3. The van der Waals surface area contributed by atoms with Gasteiger partial charge in [-0.25, -0.2) is 4.98 Å². The van der Waals surface area contributed by atoms with E-state index in [1.807, 2.05) is 12.1 Å². The van der Waals surface area contributed by atoms with Crippen LogP contribution in [0.5, 0.6) is 0 Å². The van der Waals surface area contributed by atoms with Crippen LogP contribution in [0.3, 0.4) is 0 Å². The van der Waals surface area contributed by atoms with Crippen LogP contribution in [0.1, 0.15) is 30.4 Å². The van der Waals surface area contributed by atoms with E-state index in [-0.39, 0.29) is 0 Å². The normalized spacial score (nSPS) is 13.9. The highest BCUT2D eigenvalue weighted by Crippen LogP contribution is 2.42. The van der Waals surface area contributed by atoms with Gasteiger partial charge in [0.2, 0.25) is 0 Å². The molecule has 0 bridgehead atoms. The van der Waals surface area contributed by atoms with Crippen LogP contribution in [0.4, 0.5) is 0 Å². The van der Waals surface area contributed by atoms with Crippen LogP contribution in [0, 0.1) is 0 Å². The smallest absolute Gasteiger partial charge is 0.0715 e. The first-order valence-electron chi connectivity index (χ1n) is 17.2. The summed E-state index contributed by atoms with van der Waals surface area (Å²) >= 11 is 0. The fourth-order valence-corrected chi connectivity index (χ4v) is 7.61. The van der Waals surface area contributed by atoms with E-state index in [1.54, 1.807) is 0 Å². The Labute approximate surface area is 287 Å². The molecule has 0 spiro atoms. The summed E-state index contributed by atoms with van der Waals surface area (Å²) < 4.78 is 0. The van der Waals surface area contributed by atoms with Crippen molar-refractivity contribution in [2.24, 2.45) is 0 Å². The zero-order valence-corrected chi connectivity index (χ0v) is 27.5. The zero-order chi connectivity index (χ0) is 32.7. The third kappa shape index (κ3) is 5.34. The molecule has 0 saturated heterocycles. The molecule has 0 saturated carbocycles. The van der Waals surface area contributed by atoms with Gasteiger partial charge in [0.05, 0.1) is 11.4 Å². The van der Waals surface area contributed by atoms with Gasteiger partial charge in [0.25, 0.3) is 0 Å². The number of aromatic nitrogens is 1. The highest BCUT2D eigenvalue weighted by atomic mass is 14.7. The van der Waals surface area contributed by atoms with E-state index in [4.69, 9.17) is 4.98 Å². The SMILES string of the molecule is CC1CC=Cc2c1c1ccc(-c3cccc(-c4cccc(-c5cc(-c6ccccc6)nc(-c6ccccc6)c5)c4)c3)cc1c1ccccc21. The lowest BCUT2D eigenvalue weighted by molar-refractivity contribution is 0.781. The van der Waals surface area contributed by atoms with Crippen molar-refractivity contribution in [3.63, 3.8) is 0 Å². The monoisotopic (exact) mass is 625 g/mol. The Hall–Kier alpha value is -6.05. The lowest BCUT2D eigenvalue weighted by atomic mass is 9.81. The summed E-state index contributed by atoms with van der Waals surface area (Å²) in [6.07, 6.45) is 5.75. The van der Waals surface area contributed by atoms with E-state index in [0.717, 1.165) is 34.5 Å². The molecule has 0 radical (unpaired) electrons. The Kier molecular flexibility index (Phi) is 7.25. The lowest BCUT2D eigenvalue weighted by Gasteiger charge is -2.23. The first kappa shape index (κ1) is 29.1. The molecule has 0 fully saturated rings. The summed E-state index contributed by atoms with van der Waals surface area (Å²) in [6, 6.07) is 59.2. The van der Waals surface area contributed by atoms with Gasteiger partial charge in [-0.3, -0.25) is 0 Å². The summed E-state index contributed by atoms with van der Waals surface area (Å²) in [6.45, 7) is 2.36. The number of nitrogens with zero attached hydrogens (tertiary/aromatic N) is 1. The minimum Gasteiger partial charge on any atom is -0.248 e. The lowest BCUT2D eigenvalue weighted by Crippen LogP contribution is -2.02. The van der Waals surface area contributed by atoms with Crippen molar-refractivity contribution in [1.29, 1.82) is 0 Å². The van der Waals surface area contributed by atoms with Crippen molar-refractivity contribution in [3.05, 3.63) is 181 Å². The maximum Gasteiger partial charge on any atom is 0.0715 e. The van der Waals surface area contributed by atoms with E-state index in [9.17, 15) is 0 Å². The average molecular weight is 626 g/mol. The second-order valence-corrected chi connectivity index (χ2v) is 13.2. The molecular formula is C48H35N. The Bertz CT molecular complexity index is 2470. The molecule has 1 heterocycles. The van der Waals surface area contributed by atoms with Crippen LogP contribution in [0.15, 0.2) is 170 Å². The van der Waals surface area contributed by atoms with Crippen molar-refractivity contribution < 1.29 is 0 Å². The van der Waals surface area contributed by atoms with Crippen molar-refractivity contribution in [2.75, 3.05) is 0 Å². The molecule has 1 atom stereocenters. The van der Waals surface area contributed by atoms with Crippen molar-refractivity contribution in [1.82, 2.24) is 4.98 Å². The number of rotatable bonds is 5. The molecule has 7 aromatic carbocycles. The second kappa shape index (κ2) is 12.2. The third-order valence-corrected chi connectivity index (χ3v) is 10.1. The van der Waals surface area contributed by atoms with E-state index in [0.29, 0.717) is 5.92 Å². The Morgan fingerprint density at radius 1 is 0.408 bits per heavy atom. The molecule has 0 aliphatic heterocycles. The van der Waals surface area contributed by atoms with Crippen LogP contribution in [0.25, 0.3) is 83.5 Å². The second-order valence-electron chi connectivity index (χ2n) is 13.2. The summed E-state index contributed by atoms with van der Waals surface area (Å²) in [4.78, 5) is 5.09. The fourth-order valence-electron chi connectivity index (χ4n) is 7.61. The molecule has 1 aliphatic carbocycles. The number of fused-ring (bicyclic) bond motifs is 6. The first-order valence-corrected chi connectivity index (χ1v) is 17.2. The number of pyridine rings is 1. The van der Waals surface area contributed by atoms with Crippen molar-refractivity contribution in [3.8, 4) is 55.9 Å². The molecule has 1 aliphatic rings. The molecule has 0 N–H and O–H groups in total. The minimum absolute atomic E-state index is 0.501. The highest BCUT2D eigenvalue weighted by molar-refractivity contribution is 6.14. The predicted octanol–water partition coefficient (Wildman–Crippen LogP) is 13.2. The summed E-state index contributed by atoms with van der Waals surface area (Å²) in [5.74, 6) is 0.501. The number of benzene rings is 7. The minimum atomic E-state index is 0.501. The average Bonchev–Trinajstić information content (AvgIpc) is 3.18. The summed E-state index contributed by atoms with van der Waals surface area (Å²) in [5, 5.41) is 5.38. The van der Waals surface area contributed by atoms with Gasteiger partial charge in [0, 0.05) is 11.1 Å². The predicted molar refractivity (Wildman–Crippen MR) is 208 cm³/mol. The van der Waals surface area contributed by atoms with Crippen LogP contribution in [-0.2, 0) is 0 Å². The fraction of sp³-hybridized carbons (Fsp3) is 0.0625. The molecule has 1 nitrogen and oxygen atoms in total.